The van der Waals surface area contributed by atoms with E-state index in [1.54, 1.807) is 0 Å². The molecular formula is C5H9NO. The standard InChI is InChI=1S/C5H9NO/c6-5-3-1-2-4(5)7-5/h4H,1-3,6H2. The summed E-state index contributed by atoms with van der Waals surface area (Å²) in [5.74, 6) is 0. The topological polar surface area (TPSA) is 38.5 Å². The summed E-state index contributed by atoms with van der Waals surface area (Å²) in [6.45, 7) is 0. The maximum Gasteiger partial charge on any atom is 0.143 e. The number of fused-ring (bicyclic) bond motifs is 1. The monoisotopic (exact) mass is 99.1 g/mol. The Hall–Kier alpha value is -0.0800. The van der Waals surface area contributed by atoms with Gasteiger partial charge < -0.3 is 10.5 Å². The van der Waals surface area contributed by atoms with E-state index >= 15 is 0 Å². The minimum absolute atomic E-state index is 0.139. The van der Waals surface area contributed by atoms with E-state index in [4.69, 9.17) is 10.5 Å². The lowest BCUT2D eigenvalue weighted by molar-refractivity contribution is 0.256. The molecule has 0 aromatic carbocycles. The van der Waals surface area contributed by atoms with Crippen LogP contribution in [0.2, 0.25) is 0 Å². The van der Waals surface area contributed by atoms with E-state index < -0.39 is 0 Å². The largest absolute Gasteiger partial charge is 0.350 e. The lowest BCUT2D eigenvalue weighted by Crippen LogP contribution is -2.22. The van der Waals surface area contributed by atoms with Gasteiger partial charge in [-0.15, -0.1) is 0 Å². The summed E-state index contributed by atoms with van der Waals surface area (Å²) >= 11 is 0. The fourth-order valence-electron chi connectivity index (χ4n) is 1.32. The van der Waals surface area contributed by atoms with E-state index in [2.05, 4.69) is 0 Å². The van der Waals surface area contributed by atoms with E-state index in [9.17, 15) is 0 Å². The van der Waals surface area contributed by atoms with Gasteiger partial charge in [0.2, 0.25) is 0 Å². The average molecular weight is 99.1 g/mol. The molecule has 1 aliphatic carbocycles. The maximum atomic E-state index is 5.63. The molecule has 40 valence electrons. The second kappa shape index (κ2) is 0.858. The molecule has 0 spiro atoms. The van der Waals surface area contributed by atoms with Crippen molar-refractivity contribution in [1.82, 2.24) is 0 Å². The first-order chi connectivity index (χ1) is 3.31. The summed E-state index contributed by atoms with van der Waals surface area (Å²) < 4.78 is 5.12. The molecule has 0 aromatic heterocycles. The molecule has 1 saturated heterocycles. The summed E-state index contributed by atoms with van der Waals surface area (Å²) in [4.78, 5) is 0. The first kappa shape index (κ1) is 3.87. The van der Waals surface area contributed by atoms with Crippen LogP contribution in [-0.2, 0) is 4.74 Å². The van der Waals surface area contributed by atoms with Crippen LogP contribution >= 0.6 is 0 Å². The quantitative estimate of drug-likeness (QED) is 0.441. The normalized spacial score (nSPS) is 57.0. The van der Waals surface area contributed by atoms with Crippen LogP contribution in [0.15, 0.2) is 0 Å². The van der Waals surface area contributed by atoms with Crippen molar-refractivity contribution >= 4 is 0 Å². The maximum absolute atomic E-state index is 5.63. The average Bonchev–Trinajstić information content (AvgIpc) is 2.09. The molecule has 2 rings (SSSR count). The summed E-state index contributed by atoms with van der Waals surface area (Å²) in [7, 11) is 0. The molecule has 2 fully saturated rings. The molecule has 2 heteroatoms. The van der Waals surface area contributed by atoms with E-state index in [1.165, 1.54) is 12.8 Å². The van der Waals surface area contributed by atoms with Crippen molar-refractivity contribution in [3.63, 3.8) is 0 Å². The summed E-state index contributed by atoms with van der Waals surface area (Å²) in [6.07, 6.45) is 3.97. The molecule has 2 atom stereocenters. The van der Waals surface area contributed by atoms with Crippen molar-refractivity contribution in [2.75, 3.05) is 0 Å². The van der Waals surface area contributed by atoms with Crippen molar-refractivity contribution in [1.29, 1.82) is 0 Å². The van der Waals surface area contributed by atoms with Crippen LogP contribution in [0.3, 0.4) is 0 Å². The fourth-order valence-corrected chi connectivity index (χ4v) is 1.32. The minimum Gasteiger partial charge on any atom is -0.350 e. The van der Waals surface area contributed by atoms with Gasteiger partial charge in [0.15, 0.2) is 0 Å². The third kappa shape index (κ3) is 0.359. The molecule has 2 nitrogen and oxygen atoms in total. The number of rotatable bonds is 0. The Labute approximate surface area is 42.6 Å². The lowest BCUT2D eigenvalue weighted by Gasteiger charge is -1.94. The zero-order chi connectivity index (χ0) is 4.91. The number of epoxide rings is 1. The molecule has 0 radical (unpaired) electrons. The molecular weight excluding hydrogens is 90.1 g/mol. The third-order valence-electron chi connectivity index (χ3n) is 1.88. The minimum atomic E-state index is -0.139. The molecule has 1 heterocycles. The SMILES string of the molecule is NC12CCCC1O2. The molecule has 0 aromatic rings. The van der Waals surface area contributed by atoms with E-state index in [0.717, 1.165) is 6.42 Å². The van der Waals surface area contributed by atoms with Gasteiger partial charge in [0, 0.05) is 0 Å². The summed E-state index contributed by atoms with van der Waals surface area (Å²) in [5.41, 5.74) is 5.49. The predicted octanol–water partition coefficient (Wildman–Crippen LogP) is 0.224. The number of ether oxygens (including phenoxy) is 1. The van der Waals surface area contributed by atoms with Crippen LogP contribution in [-0.4, -0.2) is 11.8 Å². The van der Waals surface area contributed by atoms with Gasteiger partial charge in [0.1, 0.15) is 11.8 Å². The van der Waals surface area contributed by atoms with Gasteiger partial charge in [-0.25, -0.2) is 0 Å². The Balaban J connectivity index is 2.17. The van der Waals surface area contributed by atoms with Gasteiger partial charge in [-0.05, 0) is 19.3 Å². The second-order valence-electron chi connectivity index (χ2n) is 2.45. The van der Waals surface area contributed by atoms with E-state index in [-0.39, 0.29) is 5.72 Å². The van der Waals surface area contributed by atoms with Gasteiger partial charge in [0.25, 0.3) is 0 Å². The molecule has 1 aliphatic heterocycles. The third-order valence-corrected chi connectivity index (χ3v) is 1.88. The first-order valence-electron chi connectivity index (χ1n) is 2.78. The smallest absolute Gasteiger partial charge is 0.143 e. The molecule has 2 unspecified atom stereocenters. The molecule has 0 amide bonds. The lowest BCUT2D eigenvalue weighted by atomic mass is 10.3. The second-order valence-corrected chi connectivity index (χ2v) is 2.45. The molecule has 2 N–H and O–H groups in total. The number of hydrogen-bond acceptors (Lipinski definition) is 2. The Morgan fingerprint density at radius 1 is 1.71 bits per heavy atom. The van der Waals surface area contributed by atoms with Crippen LogP contribution in [0.1, 0.15) is 19.3 Å². The zero-order valence-electron chi connectivity index (χ0n) is 4.18. The van der Waals surface area contributed by atoms with Crippen LogP contribution in [0.25, 0.3) is 0 Å². The molecule has 1 saturated carbocycles. The van der Waals surface area contributed by atoms with Crippen molar-refractivity contribution in [3.8, 4) is 0 Å². The Morgan fingerprint density at radius 3 is 2.71 bits per heavy atom. The van der Waals surface area contributed by atoms with Crippen molar-refractivity contribution in [2.45, 2.75) is 31.1 Å². The zero-order valence-corrected chi connectivity index (χ0v) is 4.18. The molecule has 7 heavy (non-hydrogen) atoms. The van der Waals surface area contributed by atoms with Crippen LogP contribution in [0.4, 0.5) is 0 Å². The van der Waals surface area contributed by atoms with Gasteiger partial charge in [-0.1, -0.05) is 0 Å². The highest BCUT2D eigenvalue weighted by Crippen LogP contribution is 2.45. The van der Waals surface area contributed by atoms with Crippen LogP contribution < -0.4 is 5.73 Å². The predicted molar refractivity (Wildman–Crippen MR) is 25.6 cm³/mol. The number of hydrogen-bond donors (Lipinski definition) is 1. The summed E-state index contributed by atoms with van der Waals surface area (Å²) in [5, 5.41) is 0. The fraction of sp³-hybridized carbons (Fsp3) is 1.00. The molecule has 0 bridgehead atoms. The van der Waals surface area contributed by atoms with Crippen molar-refractivity contribution in [2.24, 2.45) is 5.73 Å². The van der Waals surface area contributed by atoms with Crippen molar-refractivity contribution < 1.29 is 4.74 Å². The first-order valence-corrected chi connectivity index (χ1v) is 2.78. The highest BCUT2D eigenvalue weighted by molar-refractivity contribution is 5.02. The Morgan fingerprint density at radius 2 is 2.57 bits per heavy atom. The van der Waals surface area contributed by atoms with E-state index in [0.29, 0.717) is 6.10 Å². The van der Waals surface area contributed by atoms with E-state index in [1.807, 2.05) is 0 Å². The molecule has 2 aliphatic rings. The van der Waals surface area contributed by atoms with Crippen molar-refractivity contribution in [3.05, 3.63) is 0 Å². The highest BCUT2D eigenvalue weighted by Gasteiger charge is 2.56. The number of nitrogens with two attached hydrogens (primary N) is 1. The summed E-state index contributed by atoms with van der Waals surface area (Å²) in [6, 6.07) is 0. The Bertz CT molecular complexity index is 102. The highest BCUT2D eigenvalue weighted by atomic mass is 16.6. The van der Waals surface area contributed by atoms with Crippen LogP contribution in [0, 0.1) is 0 Å². The van der Waals surface area contributed by atoms with Gasteiger partial charge in [-0.3, -0.25) is 0 Å². The van der Waals surface area contributed by atoms with Gasteiger partial charge in [-0.2, -0.15) is 0 Å². The van der Waals surface area contributed by atoms with Gasteiger partial charge >= 0.3 is 0 Å². The van der Waals surface area contributed by atoms with Crippen LogP contribution in [0.5, 0.6) is 0 Å². The van der Waals surface area contributed by atoms with Gasteiger partial charge in [0.05, 0.1) is 0 Å². The Kier molecular flexibility index (Phi) is 0.474.